The monoisotopic (exact) mass is 296 g/mol. The molecule has 0 unspecified atom stereocenters. The summed E-state index contributed by atoms with van der Waals surface area (Å²) in [5.41, 5.74) is 3.06. The second-order valence-electron chi connectivity index (χ2n) is 6.68. The maximum Gasteiger partial charge on any atom is 0.224 e. The molecule has 0 bridgehead atoms. The van der Waals surface area contributed by atoms with Crippen molar-refractivity contribution in [2.24, 2.45) is 5.41 Å². The Kier molecular flexibility index (Phi) is 5.21. The molecule has 0 aliphatic carbocycles. The average Bonchev–Trinajstić information content (AvgIpc) is 2.48. The molecule has 3 nitrogen and oxygen atoms in total. The Morgan fingerprint density at radius 2 is 1.41 bits per heavy atom. The van der Waals surface area contributed by atoms with Crippen molar-refractivity contribution in [3.63, 3.8) is 0 Å². The number of carbonyl (C=O) groups excluding carboxylic acids is 1. The van der Waals surface area contributed by atoms with Gasteiger partial charge >= 0.3 is 0 Å². The lowest BCUT2D eigenvalue weighted by Crippen LogP contribution is -2.15. The van der Waals surface area contributed by atoms with Gasteiger partial charge in [0.25, 0.3) is 0 Å². The van der Waals surface area contributed by atoms with Crippen LogP contribution in [0.2, 0.25) is 0 Å². The number of amides is 1. The Bertz CT molecular complexity index is 598. The van der Waals surface area contributed by atoms with E-state index in [2.05, 4.69) is 31.4 Å². The van der Waals surface area contributed by atoms with E-state index in [0.29, 0.717) is 6.42 Å². The van der Waals surface area contributed by atoms with Crippen LogP contribution in [-0.4, -0.2) is 5.91 Å². The Labute approximate surface area is 132 Å². The van der Waals surface area contributed by atoms with E-state index in [4.69, 9.17) is 0 Å². The minimum absolute atomic E-state index is 0.0682. The predicted octanol–water partition coefficient (Wildman–Crippen LogP) is 5.20. The molecule has 3 heteroatoms. The second kappa shape index (κ2) is 7.12. The summed E-state index contributed by atoms with van der Waals surface area (Å²) in [6, 6.07) is 17.8. The van der Waals surface area contributed by atoms with Crippen LogP contribution in [0.25, 0.3) is 0 Å². The van der Waals surface area contributed by atoms with Crippen LogP contribution < -0.4 is 10.6 Å². The average molecular weight is 296 g/mol. The molecule has 0 aliphatic rings. The quantitative estimate of drug-likeness (QED) is 0.796. The van der Waals surface area contributed by atoms with Crippen molar-refractivity contribution in [1.82, 2.24) is 0 Å². The molecular weight excluding hydrogens is 272 g/mol. The normalized spacial score (nSPS) is 11.0. The first-order valence-electron chi connectivity index (χ1n) is 7.64. The predicted molar refractivity (Wildman–Crippen MR) is 93.5 cm³/mol. The highest BCUT2D eigenvalue weighted by atomic mass is 16.1. The summed E-state index contributed by atoms with van der Waals surface area (Å²) < 4.78 is 0. The SMILES string of the molecule is CC(C)(C)CCC(=O)Nc1ccc(Nc2ccccc2)cc1. The van der Waals surface area contributed by atoms with E-state index < -0.39 is 0 Å². The minimum atomic E-state index is 0.0682. The first-order chi connectivity index (χ1) is 10.4. The molecule has 0 fully saturated rings. The Morgan fingerprint density at radius 3 is 2.00 bits per heavy atom. The fourth-order valence-electron chi connectivity index (χ4n) is 2.04. The van der Waals surface area contributed by atoms with Gasteiger partial charge in [-0.05, 0) is 48.2 Å². The summed E-state index contributed by atoms with van der Waals surface area (Å²) in [5.74, 6) is 0.0682. The van der Waals surface area contributed by atoms with Crippen LogP contribution >= 0.6 is 0 Å². The summed E-state index contributed by atoms with van der Waals surface area (Å²) in [7, 11) is 0. The van der Waals surface area contributed by atoms with Gasteiger partial charge in [-0.3, -0.25) is 4.79 Å². The zero-order chi connectivity index (χ0) is 16.0. The highest BCUT2D eigenvalue weighted by Gasteiger charge is 2.12. The van der Waals surface area contributed by atoms with Crippen LogP contribution in [0.3, 0.4) is 0 Å². The van der Waals surface area contributed by atoms with Gasteiger partial charge in [0.15, 0.2) is 0 Å². The summed E-state index contributed by atoms with van der Waals surface area (Å²) >= 11 is 0. The fourth-order valence-corrected chi connectivity index (χ4v) is 2.04. The second-order valence-corrected chi connectivity index (χ2v) is 6.68. The smallest absolute Gasteiger partial charge is 0.224 e. The highest BCUT2D eigenvalue weighted by Crippen LogP contribution is 2.22. The van der Waals surface area contributed by atoms with Crippen LogP contribution in [0, 0.1) is 5.41 Å². The van der Waals surface area contributed by atoms with E-state index in [9.17, 15) is 4.79 Å². The third-order valence-electron chi connectivity index (χ3n) is 3.33. The number of hydrogen-bond donors (Lipinski definition) is 2. The molecule has 1 amide bonds. The van der Waals surface area contributed by atoms with Crippen molar-refractivity contribution in [2.75, 3.05) is 10.6 Å². The summed E-state index contributed by atoms with van der Waals surface area (Å²) in [6.07, 6.45) is 1.43. The Morgan fingerprint density at radius 1 is 0.864 bits per heavy atom. The van der Waals surface area contributed by atoms with Crippen molar-refractivity contribution in [2.45, 2.75) is 33.6 Å². The fraction of sp³-hybridized carbons (Fsp3) is 0.316. The number of rotatable bonds is 5. The van der Waals surface area contributed by atoms with E-state index in [1.807, 2.05) is 54.6 Å². The summed E-state index contributed by atoms with van der Waals surface area (Å²) in [5, 5.41) is 6.26. The van der Waals surface area contributed by atoms with Crippen LogP contribution in [0.4, 0.5) is 17.1 Å². The number of benzene rings is 2. The van der Waals surface area contributed by atoms with Crippen LogP contribution in [0.15, 0.2) is 54.6 Å². The number of nitrogens with one attached hydrogen (secondary N) is 2. The summed E-state index contributed by atoms with van der Waals surface area (Å²) in [6.45, 7) is 6.43. The Balaban J connectivity index is 1.88. The molecule has 2 aromatic rings. The van der Waals surface area contributed by atoms with Crippen LogP contribution in [0.1, 0.15) is 33.6 Å². The third kappa shape index (κ3) is 5.60. The largest absolute Gasteiger partial charge is 0.356 e. The van der Waals surface area contributed by atoms with Crippen LogP contribution in [-0.2, 0) is 4.79 Å². The summed E-state index contributed by atoms with van der Waals surface area (Å²) in [4.78, 5) is 11.9. The third-order valence-corrected chi connectivity index (χ3v) is 3.33. The number of anilines is 3. The lowest BCUT2D eigenvalue weighted by molar-refractivity contribution is -0.116. The number of para-hydroxylation sites is 1. The molecule has 2 rings (SSSR count). The standard InChI is InChI=1S/C19H24N2O/c1-19(2,3)14-13-18(22)21-17-11-9-16(10-12-17)20-15-7-5-4-6-8-15/h4-12,20H,13-14H2,1-3H3,(H,21,22). The van der Waals surface area contributed by atoms with Gasteiger partial charge in [0.2, 0.25) is 5.91 Å². The van der Waals surface area contributed by atoms with Gasteiger partial charge in [0.05, 0.1) is 0 Å². The van der Waals surface area contributed by atoms with E-state index in [-0.39, 0.29) is 11.3 Å². The maximum atomic E-state index is 11.9. The molecule has 0 atom stereocenters. The molecule has 0 radical (unpaired) electrons. The van der Waals surface area contributed by atoms with E-state index in [1.54, 1.807) is 0 Å². The molecule has 22 heavy (non-hydrogen) atoms. The highest BCUT2D eigenvalue weighted by molar-refractivity contribution is 5.90. The molecule has 2 aromatic carbocycles. The Hall–Kier alpha value is -2.29. The van der Waals surface area contributed by atoms with Gasteiger partial charge < -0.3 is 10.6 Å². The zero-order valence-corrected chi connectivity index (χ0v) is 13.5. The molecular formula is C19H24N2O. The van der Waals surface area contributed by atoms with Crippen molar-refractivity contribution in [3.05, 3.63) is 54.6 Å². The molecule has 0 heterocycles. The minimum Gasteiger partial charge on any atom is -0.356 e. The lowest BCUT2D eigenvalue weighted by atomic mass is 9.90. The topological polar surface area (TPSA) is 41.1 Å². The van der Waals surface area contributed by atoms with E-state index in [1.165, 1.54) is 0 Å². The van der Waals surface area contributed by atoms with Crippen LogP contribution in [0.5, 0.6) is 0 Å². The number of hydrogen-bond acceptors (Lipinski definition) is 2. The molecule has 0 saturated carbocycles. The molecule has 0 aromatic heterocycles. The van der Waals surface area contributed by atoms with Gasteiger partial charge in [-0.25, -0.2) is 0 Å². The van der Waals surface area contributed by atoms with Gasteiger partial charge in [-0.2, -0.15) is 0 Å². The molecule has 0 spiro atoms. The maximum absolute atomic E-state index is 11.9. The van der Waals surface area contributed by atoms with E-state index in [0.717, 1.165) is 23.5 Å². The van der Waals surface area contributed by atoms with Gasteiger partial charge in [-0.1, -0.05) is 39.0 Å². The van der Waals surface area contributed by atoms with Crippen molar-refractivity contribution in [1.29, 1.82) is 0 Å². The molecule has 0 aliphatic heterocycles. The van der Waals surface area contributed by atoms with Gasteiger partial charge in [-0.15, -0.1) is 0 Å². The first-order valence-corrected chi connectivity index (χ1v) is 7.64. The zero-order valence-electron chi connectivity index (χ0n) is 13.5. The van der Waals surface area contributed by atoms with E-state index >= 15 is 0 Å². The lowest BCUT2D eigenvalue weighted by Gasteiger charge is -2.17. The molecule has 116 valence electrons. The van der Waals surface area contributed by atoms with Gasteiger partial charge in [0.1, 0.15) is 0 Å². The van der Waals surface area contributed by atoms with Crippen molar-refractivity contribution < 1.29 is 4.79 Å². The first kappa shape index (κ1) is 16.1. The molecule has 2 N–H and O–H groups in total. The number of carbonyl (C=O) groups is 1. The van der Waals surface area contributed by atoms with Crippen molar-refractivity contribution in [3.8, 4) is 0 Å². The van der Waals surface area contributed by atoms with Crippen molar-refractivity contribution >= 4 is 23.0 Å². The van der Waals surface area contributed by atoms with Gasteiger partial charge in [0, 0.05) is 23.5 Å². The molecule has 0 saturated heterocycles.